The Hall–Kier alpha value is -1.49. The Bertz CT molecular complexity index is 363. The molecule has 0 atom stereocenters. The van der Waals surface area contributed by atoms with Crippen LogP contribution in [0.1, 0.15) is 24.5 Å². The van der Waals surface area contributed by atoms with Crippen LogP contribution in [0.4, 0.5) is 0 Å². The molecule has 0 aliphatic carbocycles. The lowest BCUT2D eigenvalue weighted by molar-refractivity contribution is -0.144. The average Bonchev–Trinajstić information content (AvgIpc) is 2.34. The van der Waals surface area contributed by atoms with E-state index in [4.69, 9.17) is 4.74 Å². The Morgan fingerprint density at radius 3 is 2.50 bits per heavy atom. The lowest BCUT2D eigenvalue weighted by Gasteiger charge is -2.04. The van der Waals surface area contributed by atoms with Crippen molar-refractivity contribution in [2.75, 3.05) is 0 Å². The van der Waals surface area contributed by atoms with Crippen LogP contribution in [-0.4, -0.2) is 5.97 Å². The van der Waals surface area contributed by atoms with Crippen LogP contribution in [0.5, 0.6) is 0 Å². The first-order valence-electron chi connectivity index (χ1n) is 4.98. The molecule has 1 aromatic carbocycles. The summed E-state index contributed by atoms with van der Waals surface area (Å²) in [5, 5.41) is 3.71. The zero-order valence-electron chi connectivity index (χ0n) is 9.05. The van der Waals surface area contributed by atoms with Crippen LogP contribution in [0.3, 0.4) is 0 Å². The number of hydrogen-bond donors (Lipinski definition) is 0. The van der Waals surface area contributed by atoms with Crippen molar-refractivity contribution >= 4 is 18.8 Å². The van der Waals surface area contributed by atoms with Crippen LogP contribution >= 0.6 is 0 Å². The second-order valence-electron chi connectivity index (χ2n) is 3.21. The van der Waals surface area contributed by atoms with Gasteiger partial charge in [0.15, 0.2) is 0 Å². The van der Waals surface area contributed by atoms with Crippen LogP contribution < -0.4 is 0 Å². The standard InChI is InChI=1S/C11H14N2O2S/c1-2-11(14)15-8-10-5-3-9(4-6-10)7-12-13-16/h3-6H,2,7-8H2,1H3,(H,12,16)/p-1. The van der Waals surface area contributed by atoms with E-state index in [9.17, 15) is 4.79 Å². The van der Waals surface area contributed by atoms with E-state index in [1.165, 1.54) is 0 Å². The third-order valence-electron chi connectivity index (χ3n) is 2.02. The van der Waals surface area contributed by atoms with Gasteiger partial charge in [0.25, 0.3) is 0 Å². The summed E-state index contributed by atoms with van der Waals surface area (Å²) in [5.41, 5.74) is 1.99. The molecule has 0 bridgehead atoms. The zero-order chi connectivity index (χ0) is 11.8. The number of rotatable bonds is 5. The topological polar surface area (TPSA) is 51.0 Å². The van der Waals surface area contributed by atoms with Gasteiger partial charge in [-0.25, -0.2) is 5.11 Å². The molecule has 0 aliphatic heterocycles. The summed E-state index contributed by atoms with van der Waals surface area (Å²) in [6, 6.07) is 7.63. The maximum absolute atomic E-state index is 10.9. The summed E-state index contributed by atoms with van der Waals surface area (Å²) < 4.78 is 8.26. The van der Waals surface area contributed by atoms with Gasteiger partial charge in [-0.3, -0.25) is 4.79 Å². The molecule has 0 unspecified atom stereocenters. The van der Waals surface area contributed by atoms with Gasteiger partial charge in [0.2, 0.25) is 0 Å². The molecule has 0 amide bonds. The molecule has 1 rings (SSSR count). The maximum Gasteiger partial charge on any atom is 0.305 e. The highest BCUT2D eigenvalue weighted by atomic mass is 32.1. The third kappa shape index (κ3) is 4.35. The van der Waals surface area contributed by atoms with Gasteiger partial charge in [0, 0.05) is 6.42 Å². The molecular formula is C11H13N2O2S-. The van der Waals surface area contributed by atoms with Crippen LogP contribution in [-0.2, 0) is 35.5 Å². The molecule has 0 spiro atoms. The van der Waals surface area contributed by atoms with Crippen molar-refractivity contribution in [3.8, 4) is 0 Å². The van der Waals surface area contributed by atoms with Crippen molar-refractivity contribution in [1.82, 2.24) is 0 Å². The van der Waals surface area contributed by atoms with Crippen molar-refractivity contribution < 1.29 is 9.53 Å². The SMILES string of the molecule is CCC(=O)OCc1ccc(CN=N[S-])cc1. The van der Waals surface area contributed by atoms with Gasteiger partial charge in [0.1, 0.15) is 6.61 Å². The number of nitrogens with zero attached hydrogens (tertiary/aromatic N) is 2. The van der Waals surface area contributed by atoms with Crippen molar-refractivity contribution in [3.05, 3.63) is 35.4 Å². The van der Waals surface area contributed by atoms with E-state index in [1.807, 2.05) is 24.3 Å². The first-order chi connectivity index (χ1) is 7.76. The minimum Gasteiger partial charge on any atom is -0.646 e. The second-order valence-corrected chi connectivity index (χ2v) is 3.38. The predicted molar refractivity (Wildman–Crippen MR) is 62.5 cm³/mol. The largest absolute Gasteiger partial charge is 0.646 e. The van der Waals surface area contributed by atoms with Crippen LogP contribution in [0.25, 0.3) is 0 Å². The van der Waals surface area contributed by atoms with Crippen molar-refractivity contribution in [3.63, 3.8) is 0 Å². The number of esters is 1. The second kappa shape index (κ2) is 6.90. The Morgan fingerprint density at radius 2 is 1.94 bits per heavy atom. The lowest BCUT2D eigenvalue weighted by atomic mass is 10.1. The highest BCUT2D eigenvalue weighted by Crippen LogP contribution is 2.07. The fourth-order valence-electron chi connectivity index (χ4n) is 1.12. The number of hydrogen-bond acceptors (Lipinski definition) is 5. The van der Waals surface area contributed by atoms with Gasteiger partial charge in [-0.1, -0.05) is 31.2 Å². The molecule has 0 fully saturated rings. The van der Waals surface area contributed by atoms with Gasteiger partial charge in [-0.15, -0.1) is 0 Å². The quantitative estimate of drug-likeness (QED) is 0.449. The van der Waals surface area contributed by atoms with E-state index >= 15 is 0 Å². The molecule has 0 heterocycles. The minimum absolute atomic E-state index is 0.191. The number of carbonyl (C=O) groups excluding carboxylic acids is 1. The fourth-order valence-corrected chi connectivity index (χ4v) is 1.18. The Balaban J connectivity index is 2.48. The van der Waals surface area contributed by atoms with Gasteiger partial charge in [-0.2, -0.15) is 0 Å². The lowest BCUT2D eigenvalue weighted by Crippen LogP contribution is -2.02. The third-order valence-corrected chi connectivity index (χ3v) is 2.14. The van der Waals surface area contributed by atoms with Gasteiger partial charge in [0.05, 0.1) is 6.54 Å². The van der Waals surface area contributed by atoms with Crippen LogP contribution in [0, 0.1) is 0 Å². The van der Waals surface area contributed by atoms with E-state index in [2.05, 4.69) is 22.4 Å². The summed E-state index contributed by atoms with van der Waals surface area (Å²) in [6.45, 7) is 2.57. The molecule has 16 heavy (non-hydrogen) atoms. The molecule has 0 saturated heterocycles. The van der Waals surface area contributed by atoms with Crippen molar-refractivity contribution in [2.45, 2.75) is 26.5 Å². The Labute approximate surface area is 100 Å². The van der Waals surface area contributed by atoms with E-state index in [0.717, 1.165) is 11.1 Å². The van der Waals surface area contributed by atoms with E-state index in [0.29, 0.717) is 19.6 Å². The molecule has 1 aromatic rings. The summed E-state index contributed by atoms with van der Waals surface area (Å²) >= 11 is 4.36. The van der Waals surface area contributed by atoms with E-state index in [-0.39, 0.29) is 5.97 Å². The van der Waals surface area contributed by atoms with Crippen molar-refractivity contribution in [2.24, 2.45) is 9.63 Å². The molecule has 0 saturated carbocycles. The fraction of sp³-hybridized carbons (Fsp3) is 0.364. The molecule has 0 radical (unpaired) electrons. The number of carbonyl (C=O) groups is 1. The van der Waals surface area contributed by atoms with E-state index < -0.39 is 0 Å². The minimum atomic E-state index is -0.191. The normalized spacial score (nSPS) is 10.6. The summed E-state index contributed by atoms with van der Waals surface area (Å²) in [6.07, 6.45) is 0.400. The zero-order valence-corrected chi connectivity index (χ0v) is 9.87. The first kappa shape index (κ1) is 12.6. The summed E-state index contributed by atoms with van der Waals surface area (Å²) in [7, 11) is 0. The molecule has 86 valence electrons. The Morgan fingerprint density at radius 1 is 1.31 bits per heavy atom. The van der Waals surface area contributed by atoms with Crippen molar-refractivity contribution in [1.29, 1.82) is 0 Å². The van der Waals surface area contributed by atoms with Gasteiger partial charge in [-0.05, 0) is 11.1 Å². The van der Waals surface area contributed by atoms with Gasteiger partial charge >= 0.3 is 5.97 Å². The molecule has 4 nitrogen and oxygen atoms in total. The molecular weight excluding hydrogens is 224 g/mol. The predicted octanol–water partition coefficient (Wildman–Crippen LogP) is 2.55. The monoisotopic (exact) mass is 237 g/mol. The maximum atomic E-state index is 10.9. The molecule has 0 N–H and O–H groups in total. The van der Waals surface area contributed by atoms with Crippen LogP contribution in [0.15, 0.2) is 33.9 Å². The Kier molecular flexibility index (Phi) is 5.42. The smallest absolute Gasteiger partial charge is 0.305 e. The van der Waals surface area contributed by atoms with Gasteiger partial charge < -0.3 is 22.1 Å². The van der Waals surface area contributed by atoms with E-state index in [1.54, 1.807) is 6.92 Å². The summed E-state index contributed by atoms with van der Waals surface area (Å²) in [4.78, 5) is 10.9. The highest BCUT2D eigenvalue weighted by Gasteiger charge is 1.99. The highest BCUT2D eigenvalue weighted by molar-refractivity contribution is 7.56. The molecule has 5 heteroatoms. The number of benzene rings is 1. The number of ether oxygens (including phenoxy) is 1. The molecule has 0 aromatic heterocycles. The van der Waals surface area contributed by atoms with Crippen LogP contribution in [0.2, 0.25) is 0 Å². The average molecular weight is 237 g/mol. The summed E-state index contributed by atoms with van der Waals surface area (Å²) in [5.74, 6) is -0.191. The first-order valence-corrected chi connectivity index (χ1v) is 5.35. The molecule has 0 aliphatic rings.